The molecule has 4 heteroatoms. The highest BCUT2D eigenvalue weighted by Gasteiger charge is 2.14. The predicted octanol–water partition coefficient (Wildman–Crippen LogP) is 4.93. The summed E-state index contributed by atoms with van der Waals surface area (Å²) < 4.78 is 15.5. The number of likely N-dealkylation sites (N-methyl/N-ethyl adjacent to an activating group) is 1. The van der Waals surface area contributed by atoms with E-state index in [4.69, 9.17) is 0 Å². The minimum Gasteiger partial charge on any atom is -0.310 e. The van der Waals surface area contributed by atoms with Crippen LogP contribution in [0.15, 0.2) is 42.5 Å². The summed E-state index contributed by atoms with van der Waals surface area (Å²) >= 11 is 4.52. The maximum atomic E-state index is 13.2. The molecule has 2 aromatic carbocycles. The van der Waals surface area contributed by atoms with Crippen LogP contribution in [0.3, 0.4) is 0 Å². The maximum Gasteiger partial charge on any atom is 0.124 e. The molecule has 0 fully saturated rings. The molecule has 1 nitrogen and oxygen atoms in total. The van der Waals surface area contributed by atoms with Crippen molar-refractivity contribution in [1.29, 1.82) is 0 Å². The third-order valence-corrected chi connectivity index (χ3v) is 4.79. The van der Waals surface area contributed by atoms with Crippen molar-refractivity contribution in [3.63, 3.8) is 0 Å². The van der Waals surface area contributed by atoms with E-state index in [2.05, 4.69) is 81.7 Å². The zero-order chi connectivity index (χ0) is 14.5. The van der Waals surface area contributed by atoms with Gasteiger partial charge in [-0.1, -0.05) is 25.1 Å². The van der Waals surface area contributed by atoms with E-state index in [1.807, 2.05) is 6.07 Å². The zero-order valence-corrected chi connectivity index (χ0v) is 15.5. The minimum absolute atomic E-state index is 0.178. The van der Waals surface area contributed by atoms with Gasteiger partial charge in [0.25, 0.3) is 0 Å². The lowest BCUT2D eigenvalue weighted by Gasteiger charge is -2.20. The molecule has 0 aliphatic heterocycles. The van der Waals surface area contributed by atoms with Gasteiger partial charge < -0.3 is 5.32 Å². The highest BCUT2D eigenvalue weighted by Crippen LogP contribution is 2.24. The van der Waals surface area contributed by atoms with E-state index in [0.717, 1.165) is 22.1 Å². The van der Waals surface area contributed by atoms with E-state index in [-0.39, 0.29) is 11.9 Å². The van der Waals surface area contributed by atoms with Crippen LogP contribution >= 0.6 is 45.2 Å². The first-order valence-electron chi connectivity index (χ1n) is 6.53. The molecule has 0 aromatic heterocycles. The Bertz CT molecular complexity index is 569. The lowest BCUT2D eigenvalue weighted by atomic mass is 9.99. The van der Waals surface area contributed by atoms with E-state index < -0.39 is 0 Å². The Morgan fingerprint density at radius 3 is 2.40 bits per heavy atom. The standard InChI is InChI=1S/C16H16FI2N/c1-2-20-16(9-11-3-6-13(18)7-4-11)14-8-5-12(17)10-15(14)19/h3-8,10,16,20H,2,9H2,1H3. The Hall–Kier alpha value is -0.210. The van der Waals surface area contributed by atoms with Crippen molar-refractivity contribution < 1.29 is 4.39 Å². The van der Waals surface area contributed by atoms with E-state index in [1.165, 1.54) is 15.2 Å². The van der Waals surface area contributed by atoms with Gasteiger partial charge in [-0.05, 0) is 93.5 Å². The van der Waals surface area contributed by atoms with Gasteiger partial charge in [0.05, 0.1) is 0 Å². The summed E-state index contributed by atoms with van der Waals surface area (Å²) in [5.74, 6) is -0.178. The first kappa shape index (κ1) is 16.2. The summed E-state index contributed by atoms with van der Waals surface area (Å²) in [6.07, 6.45) is 0.909. The molecule has 1 unspecified atom stereocenters. The molecule has 0 heterocycles. The Balaban J connectivity index is 2.24. The number of hydrogen-bond donors (Lipinski definition) is 1. The van der Waals surface area contributed by atoms with Crippen LogP contribution in [-0.2, 0) is 6.42 Å². The van der Waals surface area contributed by atoms with Crippen molar-refractivity contribution in [1.82, 2.24) is 5.32 Å². The summed E-state index contributed by atoms with van der Waals surface area (Å²) in [5, 5.41) is 3.49. The van der Waals surface area contributed by atoms with Crippen molar-refractivity contribution in [3.8, 4) is 0 Å². The number of benzene rings is 2. The molecule has 0 radical (unpaired) electrons. The molecule has 106 valence electrons. The van der Waals surface area contributed by atoms with E-state index in [1.54, 1.807) is 6.07 Å². The van der Waals surface area contributed by atoms with Crippen LogP contribution in [0.2, 0.25) is 0 Å². The fourth-order valence-corrected chi connectivity index (χ4v) is 3.39. The molecule has 0 spiro atoms. The third-order valence-electron chi connectivity index (χ3n) is 3.14. The van der Waals surface area contributed by atoms with Crippen molar-refractivity contribution in [2.24, 2.45) is 0 Å². The number of hydrogen-bond acceptors (Lipinski definition) is 1. The molecular weight excluding hydrogens is 479 g/mol. The number of halogens is 3. The molecule has 0 aliphatic rings. The summed E-state index contributed by atoms with van der Waals surface area (Å²) in [6.45, 7) is 2.99. The highest BCUT2D eigenvalue weighted by atomic mass is 127. The fraction of sp³-hybridized carbons (Fsp3) is 0.250. The van der Waals surface area contributed by atoms with Crippen molar-refractivity contribution in [3.05, 3.63) is 66.5 Å². The Morgan fingerprint density at radius 1 is 1.10 bits per heavy atom. The average molecular weight is 495 g/mol. The van der Waals surface area contributed by atoms with Crippen LogP contribution < -0.4 is 5.32 Å². The summed E-state index contributed by atoms with van der Waals surface area (Å²) in [7, 11) is 0. The lowest BCUT2D eigenvalue weighted by Crippen LogP contribution is -2.23. The van der Waals surface area contributed by atoms with Gasteiger partial charge in [0, 0.05) is 13.2 Å². The van der Waals surface area contributed by atoms with Crippen LogP contribution in [0, 0.1) is 13.0 Å². The van der Waals surface area contributed by atoms with Crippen LogP contribution in [0.5, 0.6) is 0 Å². The maximum absolute atomic E-state index is 13.2. The minimum atomic E-state index is -0.178. The summed E-state index contributed by atoms with van der Waals surface area (Å²) in [5.41, 5.74) is 2.45. The highest BCUT2D eigenvalue weighted by molar-refractivity contribution is 14.1. The smallest absolute Gasteiger partial charge is 0.124 e. The van der Waals surface area contributed by atoms with Gasteiger partial charge in [-0.2, -0.15) is 0 Å². The fourth-order valence-electron chi connectivity index (χ4n) is 2.18. The van der Waals surface area contributed by atoms with Crippen molar-refractivity contribution in [2.75, 3.05) is 6.54 Å². The molecule has 2 aromatic rings. The van der Waals surface area contributed by atoms with Crippen LogP contribution in [0.25, 0.3) is 0 Å². The Kier molecular flexibility index (Phi) is 6.22. The van der Waals surface area contributed by atoms with E-state index in [0.29, 0.717) is 0 Å². The van der Waals surface area contributed by atoms with Crippen LogP contribution in [-0.4, -0.2) is 6.54 Å². The number of nitrogens with one attached hydrogen (secondary N) is 1. The second kappa shape index (κ2) is 7.70. The molecule has 0 amide bonds. The predicted molar refractivity (Wildman–Crippen MR) is 98.4 cm³/mol. The first-order valence-corrected chi connectivity index (χ1v) is 8.68. The van der Waals surface area contributed by atoms with Crippen molar-refractivity contribution in [2.45, 2.75) is 19.4 Å². The van der Waals surface area contributed by atoms with Gasteiger partial charge >= 0.3 is 0 Å². The normalized spacial score (nSPS) is 12.4. The zero-order valence-electron chi connectivity index (χ0n) is 11.2. The largest absolute Gasteiger partial charge is 0.310 e. The summed E-state index contributed by atoms with van der Waals surface area (Å²) in [6, 6.07) is 13.8. The van der Waals surface area contributed by atoms with Gasteiger partial charge in [0.1, 0.15) is 5.82 Å². The molecular formula is C16H16FI2N. The third kappa shape index (κ3) is 4.39. The second-order valence-corrected chi connectivity index (χ2v) is 7.01. The molecule has 0 bridgehead atoms. The molecule has 1 atom stereocenters. The van der Waals surface area contributed by atoms with Crippen LogP contribution in [0.4, 0.5) is 4.39 Å². The van der Waals surface area contributed by atoms with Gasteiger partial charge in [-0.15, -0.1) is 0 Å². The van der Waals surface area contributed by atoms with Gasteiger partial charge in [0.15, 0.2) is 0 Å². The average Bonchev–Trinajstić information content (AvgIpc) is 2.41. The summed E-state index contributed by atoms with van der Waals surface area (Å²) in [4.78, 5) is 0. The lowest BCUT2D eigenvalue weighted by molar-refractivity contribution is 0.545. The Labute approximate surface area is 146 Å². The molecule has 2 rings (SSSR count). The van der Waals surface area contributed by atoms with Crippen LogP contribution in [0.1, 0.15) is 24.1 Å². The van der Waals surface area contributed by atoms with E-state index in [9.17, 15) is 4.39 Å². The van der Waals surface area contributed by atoms with Gasteiger partial charge in [-0.25, -0.2) is 4.39 Å². The van der Waals surface area contributed by atoms with Gasteiger partial charge in [0.2, 0.25) is 0 Å². The monoisotopic (exact) mass is 495 g/mol. The molecule has 0 aliphatic carbocycles. The van der Waals surface area contributed by atoms with Gasteiger partial charge in [-0.3, -0.25) is 0 Å². The number of rotatable bonds is 5. The SMILES string of the molecule is CCNC(Cc1ccc(I)cc1)c1ccc(F)cc1I. The molecule has 0 saturated heterocycles. The first-order chi connectivity index (χ1) is 9.60. The Morgan fingerprint density at radius 2 is 1.80 bits per heavy atom. The quantitative estimate of drug-likeness (QED) is 0.581. The van der Waals surface area contributed by atoms with Crippen molar-refractivity contribution >= 4 is 45.2 Å². The van der Waals surface area contributed by atoms with E-state index >= 15 is 0 Å². The topological polar surface area (TPSA) is 12.0 Å². The second-order valence-electron chi connectivity index (χ2n) is 4.61. The molecule has 1 N–H and O–H groups in total. The molecule has 20 heavy (non-hydrogen) atoms. The molecule has 0 saturated carbocycles.